The SMILES string of the molecule is C=CCNc1nc(-c2cn(C)nc2C)cs1. The number of nitrogens with one attached hydrogen (secondary N) is 1. The predicted octanol–water partition coefficient (Wildman–Crippen LogP) is 2.45. The maximum atomic E-state index is 4.50. The van der Waals surface area contributed by atoms with Gasteiger partial charge in [0, 0.05) is 30.7 Å². The summed E-state index contributed by atoms with van der Waals surface area (Å²) in [6, 6.07) is 0. The summed E-state index contributed by atoms with van der Waals surface area (Å²) in [5.41, 5.74) is 3.07. The van der Waals surface area contributed by atoms with E-state index in [4.69, 9.17) is 0 Å². The molecule has 0 saturated heterocycles. The van der Waals surface area contributed by atoms with E-state index in [1.165, 1.54) is 0 Å². The molecule has 0 fully saturated rings. The average Bonchev–Trinajstić information content (AvgIpc) is 2.82. The molecule has 84 valence electrons. The van der Waals surface area contributed by atoms with Gasteiger partial charge in [0.2, 0.25) is 0 Å². The van der Waals surface area contributed by atoms with Gasteiger partial charge in [0.1, 0.15) is 0 Å². The third kappa shape index (κ3) is 2.14. The predicted molar refractivity (Wildman–Crippen MR) is 67.7 cm³/mol. The molecule has 0 aliphatic heterocycles. The molecule has 2 heterocycles. The smallest absolute Gasteiger partial charge is 0.183 e. The molecule has 4 nitrogen and oxygen atoms in total. The van der Waals surface area contributed by atoms with Gasteiger partial charge in [-0.2, -0.15) is 5.10 Å². The van der Waals surface area contributed by atoms with Crippen LogP contribution in [0.25, 0.3) is 11.3 Å². The number of anilines is 1. The minimum absolute atomic E-state index is 0.735. The largest absolute Gasteiger partial charge is 0.358 e. The van der Waals surface area contributed by atoms with Gasteiger partial charge in [-0.15, -0.1) is 17.9 Å². The number of nitrogens with zero attached hydrogens (tertiary/aromatic N) is 3. The Morgan fingerprint density at radius 2 is 2.44 bits per heavy atom. The highest BCUT2D eigenvalue weighted by Crippen LogP contribution is 2.26. The van der Waals surface area contributed by atoms with Crippen molar-refractivity contribution in [2.75, 3.05) is 11.9 Å². The van der Waals surface area contributed by atoms with Crippen molar-refractivity contribution in [3.63, 3.8) is 0 Å². The van der Waals surface area contributed by atoms with Crippen molar-refractivity contribution in [1.29, 1.82) is 0 Å². The molecule has 1 N–H and O–H groups in total. The Hall–Kier alpha value is -1.62. The molecule has 0 radical (unpaired) electrons. The molecule has 0 unspecified atom stereocenters. The number of aromatic nitrogens is 3. The zero-order valence-electron chi connectivity index (χ0n) is 9.40. The lowest BCUT2D eigenvalue weighted by Crippen LogP contribution is -1.96. The van der Waals surface area contributed by atoms with Crippen LogP contribution in [-0.4, -0.2) is 21.3 Å². The molecule has 0 bridgehead atoms. The van der Waals surface area contributed by atoms with Gasteiger partial charge >= 0.3 is 0 Å². The summed E-state index contributed by atoms with van der Waals surface area (Å²) in [6.07, 6.45) is 3.80. The monoisotopic (exact) mass is 234 g/mol. The zero-order valence-corrected chi connectivity index (χ0v) is 10.2. The molecule has 16 heavy (non-hydrogen) atoms. The van der Waals surface area contributed by atoms with E-state index in [9.17, 15) is 0 Å². The molecule has 0 aliphatic rings. The van der Waals surface area contributed by atoms with Crippen molar-refractivity contribution in [2.24, 2.45) is 7.05 Å². The molecular weight excluding hydrogens is 220 g/mol. The summed E-state index contributed by atoms with van der Waals surface area (Å²) in [5, 5.41) is 10.4. The lowest BCUT2D eigenvalue weighted by molar-refractivity contribution is 0.756. The van der Waals surface area contributed by atoms with Crippen LogP contribution in [-0.2, 0) is 7.05 Å². The molecule has 0 saturated carbocycles. The Morgan fingerprint density at radius 3 is 3.06 bits per heavy atom. The normalized spacial score (nSPS) is 10.4. The lowest BCUT2D eigenvalue weighted by Gasteiger charge is -1.95. The molecule has 2 rings (SSSR count). The van der Waals surface area contributed by atoms with E-state index in [0.29, 0.717) is 0 Å². The van der Waals surface area contributed by atoms with E-state index in [2.05, 4.69) is 22.0 Å². The average molecular weight is 234 g/mol. The van der Waals surface area contributed by atoms with Crippen molar-refractivity contribution in [1.82, 2.24) is 14.8 Å². The van der Waals surface area contributed by atoms with Crippen LogP contribution < -0.4 is 5.32 Å². The van der Waals surface area contributed by atoms with E-state index in [-0.39, 0.29) is 0 Å². The van der Waals surface area contributed by atoms with Crippen molar-refractivity contribution in [3.8, 4) is 11.3 Å². The Bertz CT molecular complexity index is 498. The van der Waals surface area contributed by atoms with E-state index in [0.717, 1.165) is 28.6 Å². The van der Waals surface area contributed by atoms with Gasteiger partial charge in [0.25, 0.3) is 0 Å². The van der Waals surface area contributed by atoms with Crippen molar-refractivity contribution in [2.45, 2.75) is 6.92 Å². The second kappa shape index (κ2) is 4.49. The quantitative estimate of drug-likeness (QED) is 0.826. The number of rotatable bonds is 4. The molecule has 5 heteroatoms. The van der Waals surface area contributed by atoms with Gasteiger partial charge in [0.15, 0.2) is 5.13 Å². The molecule has 0 aliphatic carbocycles. The molecule has 2 aromatic rings. The molecule has 0 atom stereocenters. The molecular formula is C11H14N4S. The molecule has 0 aromatic carbocycles. The maximum Gasteiger partial charge on any atom is 0.183 e. The van der Waals surface area contributed by atoms with E-state index in [1.54, 1.807) is 16.0 Å². The summed E-state index contributed by atoms with van der Waals surface area (Å²) >= 11 is 1.60. The highest BCUT2D eigenvalue weighted by molar-refractivity contribution is 7.14. The van der Waals surface area contributed by atoms with Crippen LogP contribution in [0.4, 0.5) is 5.13 Å². The fourth-order valence-corrected chi connectivity index (χ4v) is 2.21. The van der Waals surface area contributed by atoms with Crippen LogP contribution in [0.2, 0.25) is 0 Å². The minimum Gasteiger partial charge on any atom is -0.358 e. The Kier molecular flexibility index (Phi) is 3.05. The van der Waals surface area contributed by atoms with Crippen LogP contribution in [0.1, 0.15) is 5.69 Å². The first-order valence-electron chi connectivity index (χ1n) is 5.01. The van der Waals surface area contributed by atoms with Crippen molar-refractivity contribution >= 4 is 16.5 Å². The number of hydrogen-bond donors (Lipinski definition) is 1. The number of thiazole rings is 1. The minimum atomic E-state index is 0.735. The van der Waals surface area contributed by atoms with Gasteiger partial charge < -0.3 is 5.32 Å². The van der Waals surface area contributed by atoms with Gasteiger partial charge in [-0.3, -0.25) is 4.68 Å². The van der Waals surface area contributed by atoms with Crippen molar-refractivity contribution < 1.29 is 0 Å². The Morgan fingerprint density at radius 1 is 1.62 bits per heavy atom. The lowest BCUT2D eigenvalue weighted by atomic mass is 10.2. The van der Waals surface area contributed by atoms with Crippen LogP contribution in [0, 0.1) is 6.92 Å². The molecule has 2 aromatic heterocycles. The number of hydrogen-bond acceptors (Lipinski definition) is 4. The molecule has 0 spiro atoms. The standard InChI is InChI=1S/C11H14N4S/c1-4-5-12-11-13-10(7-16-11)9-6-15(3)14-8(9)2/h4,6-7H,1,5H2,2-3H3,(H,12,13). The Balaban J connectivity index is 2.24. The van der Waals surface area contributed by atoms with Crippen LogP contribution >= 0.6 is 11.3 Å². The van der Waals surface area contributed by atoms with Crippen LogP contribution in [0.3, 0.4) is 0 Å². The topological polar surface area (TPSA) is 42.7 Å². The fourth-order valence-electron chi connectivity index (χ4n) is 1.49. The molecule has 0 amide bonds. The van der Waals surface area contributed by atoms with Crippen molar-refractivity contribution in [3.05, 3.63) is 29.9 Å². The fraction of sp³-hybridized carbons (Fsp3) is 0.273. The van der Waals surface area contributed by atoms with Gasteiger partial charge in [-0.25, -0.2) is 4.98 Å². The number of aryl methyl sites for hydroxylation is 2. The highest BCUT2D eigenvalue weighted by atomic mass is 32.1. The first-order valence-corrected chi connectivity index (χ1v) is 5.89. The van der Waals surface area contributed by atoms with E-state index < -0.39 is 0 Å². The van der Waals surface area contributed by atoms with E-state index >= 15 is 0 Å². The zero-order chi connectivity index (χ0) is 11.5. The van der Waals surface area contributed by atoms with Gasteiger partial charge in [-0.1, -0.05) is 6.08 Å². The second-order valence-electron chi connectivity index (χ2n) is 3.51. The Labute approximate surface area is 98.6 Å². The summed E-state index contributed by atoms with van der Waals surface area (Å²) < 4.78 is 1.81. The summed E-state index contributed by atoms with van der Waals surface area (Å²) in [6.45, 7) is 6.39. The van der Waals surface area contributed by atoms with Gasteiger partial charge in [0.05, 0.1) is 11.4 Å². The third-order valence-corrected chi connectivity index (χ3v) is 2.99. The highest BCUT2D eigenvalue weighted by Gasteiger charge is 2.09. The summed E-state index contributed by atoms with van der Waals surface area (Å²) in [4.78, 5) is 4.50. The first-order chi connectivity index (χ1) is 7.70. The van der Waals surface area contributed by atoms with Crippen LogP contribution in [0.15, 0.2) is 24.2 Å². The maximum absolute atomic E-state index is 4.50. The van der Waals surface area contributed by atoms with Crippen LogP contribution in [0.5, 0.6) is 0 Å². The first kappa shape index (κ1) is 10.9. The second-order valence-corrected chi connectivity index (χ2v) is 4.37. The summed E-state index contributed by atoms with van der Waals surface area (Å²) in [7, 11) is 1.92. The summed E-state index contributed by atoms with van der Waals surface area (Å²) in [5.74, 6) is 0. The van der Waals surface area contributed by atoms with Gasteiger partial charge in [-0.05, 0) is 6.92 Å². The third-order valence-electron chi connectivity index (χ3n) is 2.19. The van der Waals surface area contributed by atoms with E-state index in [1.807, 2.05) is 31.6 Å².